The number of amides is 1. The number of aliphatic hydroxyl groups excluding tert-OH is 1. The second kappa shape index (κ2) is 4.16. The van der Waals surface area contributed by atoms with Crippen molar-refractivity contribution in [3.05, 3.63) is 0 Å². The predicted octanol–water partition coefficient (Wildman–Crippen LogP) is -1.32. The number of aliphatic hydroxyl groups is 1. The van der Waals surface area contributed by atoms with Gasteiger partial charge in [0.1, 0.15) is 0 Å². The van der Waals surface area contributed by atoms with Crippen molar-refractivity contribution in [3.8, 4) is 0 Å². The molecule has 1 unspecified atom stereocenters. The second-order valence-electron chi connectivity index (χ2n) is 4.12. The van der Waals surface area contributed by atoms with Crippen LogP contribution in [-0.4, -0.2) is 40.3 Å². The van der Waals surface area contributed by atoms with Gasteiger partial charge in [-0.2, -0.15) is 0 Å². The molecule has 86 valence electrons. The van der Waals surface area contributed by atoms with Crippen molar-refractivity contribution in [1.29, 1.82) is 0 Å². The van der Waals surface area contributed by atoms with E-state index in [1.54, 1.807) is 6.92 Å². The molecule has 0 saturated heterocycles. The van der Waals surface area contributed by atoms with E-state index in [1.165, 1.54) is 0 Å². The lowest BCUT2D eigenvalue weighted by Crippen LogP contribution is -2.55. The smallest absolute Gasteiger partial charge is 0.334 e. The summed E-state index contributed by atoms with van der Waals surface area (Å²) < 4.78 is 0. The lowest BCUT2D eigenvalue weighted by Gasteiger charge is -2.23. The Morgan fingerprint density at radius 3 is 2.53 bits per heavy atom. The summed E-state index contributed by atoms with van der Waals surface area (Å²) >= 11 is 0. The predicted molar refractivity (Wildman–Crippen MR) is 52.0 cm³/mol. The average molecular weight is 216 g/mol. The van der Waals surface area contributed by atoms with Crippen molar-refractivity contribution in [2.24, 2.45) is 11.7 Å². The largest absolute Gasteiger partial charge is 0.479 e. The molecule has 1 fully saturated rings. The Hall–Kier alpha value is -1.14. The number of hydrogen-bond acceptors (Lipinski definition) is 4. The van der Waals surface area contributed by atoms with E-state index in [-0.39, 0.29) is 12.5 Å². The van der Waals surface area contributed by atoms with E-state index in [4.69, 9.17) is 15.9 Å². The van der Waals surface area contributed by atoms with E-state index in [1.807, 2.05) is 0 Å². The van der Waals surface area contributed by atoms with E-state index < -0.39 is 23.5 Å². The minimum Gasteiger partial charge on any atom is -0.479 e. The topological polar surface area (TPSA) is 113 Å². The second-order valence-corrected chi connectivity index (χ2v) is 4.12. The number of carbonyl (C=O) groups is 2. The van der Waals surface area contributed by atoms with Gasteiger partial charge < -0.3 is 21.3 Å². The number of carboxylic acids is 1. The van der Waals surface area contributed by atoms with Crippen molar-refractivity contribution in [2.75, 3.05) is 6.54 Å². The molecule has 1 amide bonds. The molecule has 6 nitrogen and oxygen atoms in total. The maximum atomic E-state index is 11.5. The van der Waals surface area contributed by atoms with Crippen LogP contribution < -0.4 is 11.1 Å². The molecule has 2 atom stereocenters. The summed E-state index contributed by atoms with van der Waals surface area (Å²) in [6.07, 6.45) is 0.257. The maximum absolute atomic E-state index is 11.5. The van der Waals surface area contributed by atoms with Crippen LogP contribution in [0.2, 0.25) is 0 Å². The van der Waals surface area contributed by atoms with Gasteiger partial charge in [-0.25, -0.2) is 4.79 Å². The molecule has 0 aliphatic heterocycles. The zero-order valence-corrected chi connectivity index (χ0v) is 8.56. The highest BCUT2D eigenvalue weighted by Gasteiger charge is 2.44. The summed E-state index contributed by atoms with van der Waals surface area (Å²) in [6, 6.07) is 0. The fourth-order valence-corrected chi connectivity index (χ4v) is 1.34. The third kappa shape index (κ3) is 2.90. The fraction of sp³-hybridized carbons (Fsp3) is 0.778. The van der Waals surface area contributed by atoms with Crippen LogP contribution >= 0.6 is 0 Å². The van der Waals surface area contributed by atoms with Crippen molar-refractivity contribution < 1.29 is 19.8 Å². The highest BCUT2D eigenvalue weighted by atomic mass is 16.4. The Balaban J connectivity index is 2.38. The Labute approximate surface area is 87.5 Å². The summed E-state index contributed by atoms with van der Waals surface area (Å²) in [4.78, 5) is 21.8. The molecule has 5 N–H and O–H groups in total. The molecule has 0 aromatic heterocycles. The highest BCUT2D eigenvalue weighted by molar-refractivity contribution is 5.87. The minimum absolute atomic E-state index is 0.166. The van der Waals surface area contributed by atoms with Crippen LogP contribution in [-0.2, 0) is 9.59 Å². The van der Waals surface area contributed by atoms with Crippen LogP contribution in [0.1, 0.15) is 19.8 Å². The van der Waals surface area contributed by atoms with Crippen molar-refractivity contribution in [1.82, 2.24) is 5.32 Å². The highest BCUT2D eigenvalue weighted by Crippen LogP contribution is 2.37. The molecule has 0 radical (unpaired) electrons. The fourth-order valence-electron chi connectivity index (χ4n) is 1.34. The molecule has 0 aromatic rings. The van der Waals surface area contributed by atoms with Gasteiger partial charge in [-0.05, 0) is 25.7 Å². The number of aliphatic carboxylic acids is 1. The molecule has 15 heavy (non-hydrogen) atoms. The number of nitrogens with two attached hydrogens (primary N) is 1. The lowest BCUT2D eigenvalue weighted by molar-refractivity contribution is -0.146. The van der Waals surface area contributed by atoms with Crippen molar-refractivity contribution >= 4 is 11.9 Å². The van der Waals surface area contributed by atoms with E-state index in [0.717, 1.165) is 12.8 Å². The van der Waals surface area contributed by atoms with Gasteiger partial charge in [0, 0.05) is 0 Å². The van der Waals surface area contributed by atoms with Gasteiger partial charge in [-0.3, -0.25) is 4.79 Å². The van der Waals surface area contributed by atoms with Crippen LogP contribution in [0.3, 0.4) is 0 Å². The first-order valence-electron chi connectivity index (χ1n) is 4.83. The summed E-state index contributed by atoms with van der Waals surface area (Å²) in [6.45, 7) is 1.31. The summed E-state index contributed by atoms with van der Waals surface area (Å²) in [5.74, 6) is -1.61. The summed E-state index contributed by atoms with van der Waals surface area (Å²) in [7, 11) is 0. The van der Waals surface area contributed by atoms with Crippen LogP contribution in [0.25, 0.3) is 0 Å². The number of carbonyl (C=O) groups excluding carboxylic acids is 1. The van der Waals surface area contributed by atoms with Gasteiger partial charge in [0.15, 0.2) is 6.10 Å². The number of nitrogens with one attached hydrogen (secondary N) is 1. The number of hydrogen-bond donors (Lipinski definition) is 4. The van der Waals surface area contributed by atoms with Gasteiger partial charge in [0.05, 0.1) is 12.1 Å². The third-order valence-electron chi connectivity index (χ3n) is 2.66. The van der Waals surface area contributed by atoms with Gasteiger partial charge in [0.2, 0.25) is 5.91 Å². The number of rotatable bonds is 5. The Morgan fingerprint density at radius 2 is 2.13 bits per heavy atom. The third-order valence-corrected chi connectivity index (χ3v) is 2.66. The Morgan fingerprint density at radius 1 is 1.60 bits per heavy atom. The van der Waals surface area contributed by atoms with E-state index in [0.29, 0.717) is 0 Å². The molecular formula is C9H16N2O4. The first-order chi connectivity index (χ1) is 6.85. The average Bonchev–Trinajstić information content (AvgIpc) is 2.95. The van der Waals surface area contributed by atoms with E-state index in [2.05, 4.69) is 5.32 Å². The quantitative estimate of drug-likeness (QED) is 0.455. The minimum atomic E-state index is -1.58. The van der Waals surface area contributed by atoms with Gasteiger partial charge in [-0.15, -0.1) is 0 Å². The number of carboxylic acid groups (broad SMARTS) is 1. The normalized spacial score (nSPS) is 21.5. The first kappa shape index (κ1) is 11.9. The monoisotopic (exact) mass is 216 g/mol. The van der Waals surface area contributed by atoms with Gasteiger partial charge in [0.25, 0.3) is 0 Å². The summed E-state index contributed by atoms with van der Waals surface area (Å²) in [5, 5.41) is 19.7. The van der Waals surface area contributed by atoms with Crippen LogP contribution in [0, 0.1) is 5.92 Å². The van der Waals surface area contributed by atoms with Crippen LogP contribution in [0.4, 0.5) is 0 Å². The molecule has 1 saturated carbocycles. The molecule has 0 heterocycles. The maximum Gasteiger partial charge on any atom is 0.334 e. The molecule has 1 aliphatic carbocycles. The molecular weight excluding hydrogens is 200 g/mol. The Bertz CT molecular complexity index is 273. The zero-order chi connectivity index (χ0) is 11.6. The van der Waals surface area contributed by atoms with Crippen LogP contribution in [0.15, 0.2) is 0 Å². The Kier molecular flexibility index (Phi) is 3.31. The molecule has 0 spiro atoms. The van der Waals surface area contributed by atoms with Crippen molar-refractivity contribution in [3.63, 3.8) is 0 Å². The molecule has 1 aliphatic rings. The summed E-state index contributed by atoms with van der Waals surface area (Å²) in [5.41, 5.74) is 4.83. The van der Waals surface area contributed by atoms with Gasteiger partial charge in [-0.1, -0.05) is 0 Å². The van der Waals surface area contributed by atoms with E-state index >= 15 is 0 Å². The van der Waals surface area contributed by atoms with Crippen molar-refractivity contribution in [2.45, 2.75) is 31.4 Å². The lowest BCUT2D eigenvalue weighted by atomic mass is 9.96. The van der Waals surface area contributed by atoms with E-state index in [9.17, 15) is 9.59 Å². The van der Waals surface area contributed by atoms with Gasteiger partial charge >= 0.3 is 5.97 Å². The molecule has 0 bridgehead atoms. The zero-order valence-electron chi connectivity index (χ0n) is 8.56. The standard InChI is InChI=1S/C9H16N2O4/c1-9(10,5-2-3-5)8(15)11-4-6(12)7(13)14/h5-6,12H,2-4,10H2,1H3,(H,11,15)(H,13,14)/t6-,9?/m0/s1. The van der Waals surface area contributed by atoms with Crippen LogP contribution in [0.5, 0.6) is 0 Å². The molecule has 6 heteroatoms. The molecule has 0 aromatic carbocycles. The SMILES string of the molecule is CC(N)(C(=O)NC[C@H](O)C(=O)O)C1CC1. The first-order valence-corrected chi connectivity index (χ1v) is 4.83. The molecule has 1 rings (SSSR count).